The Morgan fingerprint density at radius 3 is 2.59 bits per heavy atom. The van der Waals surface area contributed by atoms with Crippen LogP contribution in [0.3, 0.4) is 0 Å². The molecule has 0 spiro atoms. The molecule has 0 aliphatic carbocycles. The summed E-state index contributed by atoms with van der Waals surface area (Å²) in [6.45, 7) is 2.13. The van der Waals surface area contributed by atoms with Gasteiger partial charge in [-0.1, -0.05) is 24.3 Å². The molecule has 6 heteroatoms. The number of fused-ring (bicyclic) bond motifs is 1. The predicted octanol–water partition coefficient (Wildman–Crippen LogP) is 3.31. The van der Waals surface area contributed by atoms with Crippen LogP contribution in [-0.2, 0) is 11.2 Å². The Labute approximate surface area is 157 Å². The summed E-state index contributed by atoms with van der Waals surface area (Å²) in [5.74, 6) is 0.976. The van der Waals surface area contributed by atoms with Gasteiger partial charge in [-0.2, -0.15) is 0 Å². The van der Waals surface area contributed by atoms with E-state index >= 15 is 0 Å². The van der Waals surface area contributed by atoms with Gasteiger partial charge < -0.3 is 14.2 Å². The molecule has 3 aromatic rings. The molecule has 0 fully saturated rings. The molecule has 0 saturated heterocycles. The fourth-order valence-electron chi connectivity index (χ4n) is 2.98. The van der Waals surface area contributed by atoms with Crippen molar-refractivity contribution in [3.05, 3.63) is 65.4 Å². The molecule has 0 radical (unpaired) electrons. The highest BCUT2D eigenvalue weighted by Crippen LogP contribution is 2.30. The van der Waals surface area contributed by atoms with Gasteiger partial charge in [-0.05, 0) is 42.7 Å². The normalized spacial score (nSPS) is 10.6. The molecule has 0 bridgehead atoms. The first kappa shape index (κ1) is 18.7. The van der Waals surface area contributed by atoms with E-state index in [2.05, 4.69) is 4.98 Å². The third-order valence-corrected chi connectivity index (χ3v) is 4.25. The van der Waals surface area contributed by atoms with Crippen molar-refractivity contribution in [2.24, 2.45) is 5.73 Å². The number of methoxy groups -OCH3 is 1. The average molecular weight is 366 g/mol. The van der Waals surface area contributed by atoms with Crippen LogP contribution in [0.4, 0.5) is 0 Å². The smallest absolute Gasteiger partial charge is 0.340 e. The van der Waals surface area contributed by atoms with Crippen molar-refractivity contribution in [1.82, 2.24) is 4.98 Å². The Bertz CT molecular complexity index is 939. The largest absolute Gasteiger partial charge is 0.497 e. The van der Waals surface area contributed by atoms with Gasteiger partial charge in [0.25, 0.3) is 0 Å². The van der Waals surface area contributed by atoms with Crippen LogP contribution in [0.15, 0.2) is 48.7 Å². The van der Waals surface area contributed by atoms with E-state index in [0.717, 1.165) is 22.3 Å². The average Bonchev–Trinajstić information content (AvgIpc) is 2.69. The van der Waals surface area contributed by atoms with Crippen LogP contribution in [0.25, 0.3) is 10.9 Å². The van der Waals surface area contributed by atoms with Crippen molar-refractivity contribution in [3.63, 3.8) is 0 Å². The first-order valence-corrected chi connectivity index (χ1v) is 8.71. The van der Waals surface area contributed by atoms with Gasteiger partial charge in [0.1, 0.15) is 23.7 Å². The van der Waals surface area contributed by atoms with Crippen LogP contribution in [0.1, 0.15) is 28.4 Å². The lowest BCUT2D eigenvalue weighted by Crippen LogP contribution is -2.11. The van der Waals surface area contributed by atoms with E-state index in [1.807, 2.05) is 42.5 Å². The van der Waals surface area contributed by atoms with Crippen LogP contribution in [0.2, 0.25) is 0 Å². The Kier molecular flexibility index (Phi) is 5.88. The Morgan fingerprint density at radius 2 is 1.93 bits per heavy atom. The highest BCUT2D eigenvalue weighted by Gasteiger charge is 2.18. The number of rotatable bonds is 7. The van der Waals surface area contributed by atoms with Gasteiger partial charge in [0, 0.05) is 11.6 Å². The Hall–Kier alpha value is -3.12. The summed E-state index contributed by atoms with van der Waals surface area (Å²) in [4.78, 5) is 16.9. The second kappa shape index (κ2) is 8.51. The lowest BCUT2D eigenvalue weighted by molar-refractivity contribution is 0.0525. The molecule has 2 N–H and O–H groups in total. The lowest BCUT2D eigenvalue weighted by atomic mass is 9.96. The van der Waals surface area contributed by atoms with E-state index in [4.69, 9.17) is 19.9 Å². The van der Waals surface area contributed by atoms with Gasteiger partial charge in [0.05, 0.1) is 19.3 Å². The number of nitrogens with zero attached hydrogens (tertiary/aromatic N) is 1. The molecule has 6 nitrogen and oxygen atoms in total. The fraction of sp³-hybridized carbons (Fsp3) is 0.238. The van der Waals surface area contributed by atoms with Gasteiger partial charge in [0.2, 0.25) is 0 Å². The maximum Gasteiger partial charge on any atom is 0.340 e. The highest BCUT2D eigenvalue weighted by molar-refractivity contribution is 5.98. The monoisotopic (exact) mass is 366 g/mol. The first-order valence-electron chi connectivity index (χ1n) is 8.71. The molecular formula is C21H22N2O4. The maximum absolute atomic E-state index is 12.5. The third-order valence-electron chi connectivity index (χ3n) is 4.25. The summed E-state index contributed by atoms with van der Waals surface area (Å²) in [7, 11) is 1.63. The summed E-state index contributed by atoms with van der Waals surface area (Å²) in [6, 6.07) is 13.3. The lowest BCUT2D eigenvalue weighted by Gasteiger charge is -2.14. The molecule has 2 aromatic carbocycles. The number of benzene rings is 2. The van der Waals surface area contributed by atoms with Crippen LogP contribution in [-0.4, -0.2) is 31.4 Å². The van der Waals surface area contributed by atoms with Crippen molar-refractivity contribution in [1.29, 1.82) is 0 Å². The zero-order valence-corrected chi connectivity index (χ0v) is 15.4. The van der Waals surface area contributed by atoms with Crippen molar-refractivity contribution in [3.8, 4) is 11.5 Å². The number of nitrogens with two attached hydrogens (primary N) is 1. The number of ether oxygens (including phenoxy) is 3. The second-order valence-electron chi connectivity index (χ2n) is 5.86. The summed E-state index contributed by atoms with van der Waals surface area (Å²) in [6.07, 6.45) is 2.09. The number of esters is 1. The van der Waals surface area contributed by atoms with Crippen LogP contribution >= 0.6 is 0 Å². The minimum atomic E-state index is -0.388. The molecule has 1 heterocycles. The quantitative estimate of drug-likeness (QED) is 0.510. The number of hydrogen-bond donors (Lipinski definition) is 1. The van der Waals surface area contributed by atoms with Crippen LogP contribution in [0.5, 0.6) is 11.5 Å². The summed E-state index contributed by atoms with van der Waals surface area (Å²) >= 11 is 0. The molecule has 27 heavy (non-hydrogen) atoms. The van der Waals surface area contributed by atoms with Crippen molar-refractivity contribution in [2.75, 3.05) is 20.4 Å². The van der Waals surface area contributed by atoms with Crippen molar-refractivity contribution in [2.45, 2.75) is 13.3 Å². The van der Waals surface area contributed by atoms with Crippen molar-refractivity contribution < 1.29 is 19.0 Å². The Balaban J connectivity index is 2.13. The van der Waals surface area contributed by atoms with Gasteiger partial charge in [0.15, 0.2) is 0 Å². The van der Waals surface area contributed by atoms with E-state index in [1.165, 1.54) is 0 Å². The predicted molar refractivity (Wildman–Crippen MR) is 103 cm³/mol. The molecule has 0 aliphatic heterocycles. The standard InChI is InChI=1S/C21H22N2O4/c1-3-26-21(24)18-12-23-20-16(5-4-6-19(20)27-13-22)17(18)11-14-7-9-15(25-2)10-8-14/h4-10,12H,3,11,13,22H2,1-2H3. The summed E-state index contributed by atoms with van der Waals surface area (Å²) in [5.41, 5.74) is 8.52. The number of carbonyl (C=O) groups excluding carboxylic acids is 1. The zero-order chi connectivity index (χ0) is 19.2. The first-order chi connectivity index (χ1) is 13.2. The number of hydrogen-bond acceptors (Lipinski definition) is 6. The molecule has 1 aromatic heterocycles. The highest BCUT2D eigenvalue weighted by atomic mass is 16.5. The van der Waals surface area contributed by atoms with Gasteiger partial charge >= 0.3 is 5.97 Å². The molecule has 0 amide bonds. The summed E-state index contributed by atoms with van der Waals surface area (Å²) < 4.78 is 15.9. The second-order valence-corrected chi connectivity index (χ2v) is 5.86. The topological polar surface area (TPSA) is 83.7 Å². The van der Waals surface area contributed by atoms with E-state index in [1.54, 1.807) is 20.2 Å². The number of carbonyl (C=O) groups is 1. The molecule has 0 aliphatic rings. The van der Waals surface area contributed by atoms with Gasteiger partial charge in [-0.15, -0.1) is 0 Å². The molecule has 0 unspecified atom stereocenters. The number of aromatic nitrogens is 1. The minimum absolute atomic E-state index is 0.0498. The van der Waals surface area contributed by atoms with E-state index in [9.17, 15) is 4.79 Å². The maximum atomic E-state index is 12.5. The number of para-hydroxylation sites is 1. The van der Waals surface area contributed by atoms with Gasteiger partial charge in [-0.25, -0.2) is 4.79 Å². The zero-order valence-electron chi connectivity index (χ0n) is 15.4. The summed E-state index contributed by atoms with van der Waals surface area (Å²) in [5, 5.41) is 0.835. The minimum Gasteiger partial charge on any atom is -0.497 e. The molecular weight excluding hydrogens is 344 g/mol. The molecule has 0 atom stereocenters. The SMILES string of the molecule is CCOC(=O)c1cnc2c(OCN)cccc2c1Cc1ccc(OC)cc1. The van der Waals surface area contributed by atoms with Crippen molar-refractivity contribution >= 4 is 16.9 Å². The van der Waals surface area contributed by atoms with E-state index < -0.39 is 0 Å². The molecule has 140 valence electrons. The molecule has 0 saturated carbocycles. The van der Waals surface area contributed by atoms with E-state index in [-0.39, 0.29) is 12.7 Å². The van der Waals surface area contributed by atoms with Crippen LogP contribution < -0.4 is 15.2 Å². The number of pyridine rings is 1. The molecule has 3 rings (SSSR count). The fourth-order valence-corrected chi connectivity index (χ4v) is 2.98. The third kappa shape index (κ3) is 4.01. The Morgan fingerprint density at radius 1 is 1.15 bits per heavy atom. The van der Waals surface area contributed by atoms with Gasteiger partial charge in [-0.3, -0.25) is 10.7 Å². The van der Waals surface area contributed by atoms with E-state index in [0.29, 0.717) is 29.9 Å². The van der Waals surface area contributed by atoms with Crippen LogP contribution in [0, 0.1) is 0 Å².